The first-order valence-corrected chi connectivity index (χ1v) is 12.0. The summed E-state index contributed by atoms with van der Waals surface area (Å²) in [5.41, 5.74) is 5.15. The Morgan fingerprint density at radius 2 is 1.85 bits per heavy atom. The van der Waals surface area contributed by atoms with Gasteiger partial charge in [0.15, 0.2) is 0 Å². The molecule has 1 amide bonds. The summed E-state index contributed by atoms with van der Waals surface area (Å²) in [6.45, 7) is 5.52. The van der Waals surface area contributed by atoms with Crippen LogP contribution < -0.4 is 4.74 Å². The molecule has 0 spiro atoms. The zero-order chi connectivity index (χ0) is 23.8. The number of aromatic nitrogens is 2. The molecule has 2 heterocycles. The molecule has 6 heteroatoms. The van der Waals surface area contributed by atoms with E-state index in [1.165, 1.54) is 5.56 Å². The predicted octanol–water partition coefficient (Wildman–Crippen LogP) is 5.98. The number of aryl methyl sites for hydroxylation is 2. The van der Waals surface area contributed by atoms with E-state index in [0.29, 0.717) is 19.7 Å². The van der Waals surface area contributed by atoms with Crippen molar-refractivity contribution in [3.8, 4) is 5.75 Å². The summed E-state index contributed by atoms with van der Waals surface area (Å²) >= 11 is 1.62. The van der Waals surface area contributed by atoms with Gasteiger partial charge in [-0.25, -0.2) is 4.98 Å². The summed E-state index contributed by atoms with van der Waals surface area (Å²) in [6.07, 6.45) is 7.00. The number of amides is 1. The van der Waals surface area contributed by atoms with E-state index >= 15 is 0 Å². The Balaban J connectivity index is 1.42. The number of ether oxygens (including phenoxy) is 1. The molecule has 0 aliphatic rings. The van der Waals surface area contributed by atoms with Crippen molar-refractivity contribution in [1.29, 1.82) is 0 Å². The highest BCUT2D eigenvalue weighted by atomic mass is 32.1. The Hall–Kier alpha value is -3.77. The van der Waals surface area contributed by atoms with Gasteiger partial charge in [-0.2, -0.15) is 0 Å². The Kier molecular flexibility index (Phi) is 7.83. The topological polar surface area (TPSA) is 55.3 Å². The summed E-state index contributed by atoms with van der Waals surface area (Å²) in [4.78, 5) is 23.6. The van der Waals surface area contributed by atoms with E-state index < -0.39 is 0 Å². The first-order valence-electron chi connectivity index (χ1n) is 11.1. The smallest absolute Gasteiger partial charge is 0.247 e. The van der Waals surface area contributed by atoms with Gasteiger partial charge in [0, 0.05) is 36.9 Å². The van der Waals surface area contributed by atoms with Gasteiger partial charge in [-0.1, -0.05) is 42.5 Å². The molecule has 172 valence electrons. The molecule has 0 aliphatic heterocycles. The molecule has 0 N–H and O–H groups in total. The fourth-order valence-electron chi connectivity index (χ4n) is 3.50. The lowest BCUT2D eigenvalue weighted by molar-refractivity contribution is -0.127. The molecule has 2 aromatic carbocycles. The summed E-state index contributed by atoms with van der Waals surface area (Å²) in [5, 5.41) is 3.04. The average Bonchev–Trinajstić information content (AvgIpc) is 3.28. The van der Waals surface area contributed by atoms with Crippen LogP contribution in [-0.2, 0) is 24.5 Å². The molecule has 0 unspecified atom stereocenters. The first-order chi connectivity index (χ1) is 16.6. The number of hydrogen-bond donors (Lipinski definition) is 0. The number of carbonyl (C=O) groups is 1. The molecule has 0 bridgehead atoms. The minimum absolute atomic E-state index is 0.0497. The number of hydrogen-bond acceptors (Lipinski definition) is 5. The van der Waals surface area contributed by atoms with Crippen LogP contribution in [0.25, 0.3) is 6.08 Å². The molecule has 0 saturated heterocycles. The summed E-state index contributed by atoms with van der Waals surface area (Å²) in [7, 11) is 0. The van der Waals surface area contributed by atoms with Crippen LogP contribution in [-0.4, -0.2) is 20.8 Å². The maximum Gasteiger partial charge on any atom is 0.247 e. The van der Waals surface area contributed by atoms with E-state index in [1.807, 2.05) is 71.8 Å². The molecular weight excluding hydrogens is 442 g/mol. The largest absolute Gasteiger partial charge is 0.487 e. The van der Waals surface area contributed by atoms with E-state index in [9.17, 15) is 4.79 Å². The Morgan fingerprint density at radius 3 is 2.56 bits per heavy atom. The van der Waals surface area contributed by atoms with Crippen molar-refractivity contribution in [2.45, 2.75) is 33.5 Å². The second kappa shape index (κ2) is 11.4. The Bertz CT molecular complexity index is 1250. The highest BCUT2D eigenvalue weighted by Crippen LogP contribution is 2.17. The summed E-state index contributed by atoms with van der Waals surface area (Å²) in [5.74, 6) is 0.721. The Morgan fingerprint density at radius 1 is 1.03 bits per heavy atom. The van der Waals surface area contributed by atoms with Gasteiger partial charge in [-0.3, -0.25) is 9.78 Å². The standard InChI is InChI=1S/C28H27N3O2S/c1-21-6-3-4-8-25(21)18-31(17-24-7-5-15-29-16-24)28(32)14-11-23-9-12-27(13-10-23)33-19-26-20-34-22(2)30-26/h3-16,20H,17-19H2,1-2H3/b14-11+. The molecule has 0 radical (unpaired) electrons. The van der Waals surface area contributed by atoms with Crippen LogP contribution in [0, 0.1) is 13.8 Å². The minimum Gasteiger partial charge on any atom is -0.487 e. The van der Waals surface area contributed by atoms with Crippen molar-refractivity contribution in [3.63, 3.8) is 0 Å². The van der Waals surface area contributed by atoms with Crippen LogP contribution in [0.3, 0.4) is 0 Å². The summed E-state index contributed by atoms with van der Waals surface area (Å²) in [6, 6.07) is 19.7. The molecular formula is C28H27N3O2S. The maximum atomic E-state index is 13.2. The van der Waals surface area contributed by atoms with Crippen LogP contribution in [0.1, 0.15) is 33.0 Å². The monoisotopic (exact) mass is 469 g/mol. The fourth-order valence-corrected chi connectivity index (χ4v) is 4.09. The third-order valence-electron chi connectivity index (χ3n) is 5.38. The van der Waals surface area contributed by atoms with Crippen molar-refractivity contribution < 1.29 is 9.53 Å². The van der Waals surface area contributed by atoms with Gasteiger partial charge in [-0.15, -0.1) is 11.3 Å². The lowest BCUT2D eigenvalue weighted by Crippen LogP contribution is -2.28. The summed E-state index contributed by atoms with van der Waals surface area (Å²) < 4.78 is 5.81. The molecule has 2 aromatic heterocycles. The van der Waals surface area contributed by atoms with Crippen molar-refractivity contribution in [2.75, 3.05) is 0 Å². The van der Waals surface area contributed by atoms with Crippen LogP contribution in [0.4, 0.5) is 0 Å². The zero-order valence-corrected chi connectivity index (χ0v) is 20.2. The third-order valence-corrected chi connectivity index (χ3v) is 6.20. The van der Waals surface area contributed by atoms with Gasteiger partial charge < -0.3 is 9.64 Å². The minimum atomic E-state index is -0.0497. The average molecular weight is 470 g/mol. The van der Waals surface area contributed by atoms with Crippen molar-refractivity contribution in [1.82, 2.24) is 14.9 Å². The molecule has 5 nitrogen and oxygen atoms in total. The normalized spacial score (nSPS) is 11.0. The van der Waals surface area contributed by atoms with E-state index in [-0.39, 0.29) is 5.91 Å². The van der Waals surface area contributed by atoms with Gasteiger partial charge in [0.25, 0.3) is 0 Å². The second-order valence-corrected chi connectivity index (χ2v) is 9.09. The van der Waals surface area contributed by atoms with Crippen molar-refractivity contribution >= 4 is 23.3 Å². The molecule has 0 fully saturated rings. The van der Waals surface area contributed by atoms with Crippen molar-refractivity contribution in [2.24, 2.45) is 0 Å². The first kappa shape index (κ1) is 23.4. The molecule has 4 rings (SSSR count). The second-order valence-electron chi connectivity index (χ2n) is 8.03. The van der Waals surface area contributed by atoms with Crippen LogP contribution in [0.15, 0.2) is 84.5 Å². The molecule has 34 heavy (non-hydrogen) atoms. The highest BCUT2D eigenvalue weighted by molar-refractivity contribution is 7.09. The zero-order valence-electron chi connectivity index (χ0n) is 19.3. The number of carbonyl (C=O) groups excluding carboxylic acids is 1. The number of thiazole rings is 1. The molecule has 4 aromatic rings. The van der Waals surface area contributed by atoms with Gasteiger partial charge in [0.1, 0.15) is 12.4 Å². The maximum absolute atomic E-state index is 13.2. The third kappa shape index (κ3) is 6.62. The van der Waals surface area contributed by atoms with E-state index in [0.717, 1.165) is 33.1 Å². The quantitative estimate of drug-likeness (QED) is 0.283. The molecule has 0 aliphatic carbocycles. The number of pyridine rings is 1. The van der Waals surface area contributed by atoms with Gasteiger partial charge in [0.05, 0.1) is 10.7 Å². The predicted molar refractivity (Wildman–Crippen MR) is 136 cm³/mol. The van der Waals surface area contributed by atoms with Crippen LogP contribution >= 0.6 is 11.3 Å². The van der Waals surface area contributed by atoms with Crippen LogP contribution in [0.2, 0.25) is 0 Å². The van der Waals surface area contributed by atoms with E-state index in [2.05, 4.69) is 29.0 Å². The number of rotatable bonds is 9. The van der Waals surface area contributed by atoms with E-state index in [4.69, 9.17) is 4.74 Å². The lowest BCUT2D eigenvalue weighted by Gasteiger charge is -2.22. The van der Waals surface area contributed by atoms with Gasteiger partial charge in [0.2, 0.25) is 5.91 Å². The lowest BCUT2D eigenvalue weighted by atomic mass is 10.1. The van der Waals surface area contributed by atoms with Crippen molar-refractivity contribution in [3.05, 3.63) is 117 Å². The van der Waals surface area contributed by atoms with Crippen LogP contribution in [0.5, 0.6) is 5.75 Å². The molecule has 0 saturated carbocycles. The number of benzene rings is 2. The van der Waals surface area contributed by atoms with Gasteiger partial charge >= 0.3 is 0 Å². The SMILES string of the molecule is Cc1nc(COc2ccc(/C=C/C(=O)N(Cc3cccnc3)Cc3ccccc3C)cc2)cs1. The Labute approximate surface area is 204 Å². The fraction of sp³-hybridized carbons (Fsp3) is 0.179. The number of nitrogens with zero attached hydrogens (tertiary/aromatic N) is 3. The van der Waals surface area contributed by atoms with Gasteiger partial charge in [-0.05, 0) is 60.4 Å². The van der Waals surface area contributed by atoms with E-state index in [1.54, 1.807) is 29.8 Å². The molecule has 0 atom stereocenters. The highest BCUT2D eigenvalue weighted by Gasteiger charge is 2.13.